The van der Waals surface area contributed by atoms with Crippen molar-refractivity contribution in [2.45, 2.75) is 33.7 Å². The average Bonchev–Trinajstić information content (AvgIpc) is 3.18. The zero-order chi connectivity index (χ0) is 20.4. The zero-order valence-corrected chi connectivity index (χ0v) is 17.1. The Hall–Kier alpha value is -2.76. The van der Waals surface area contributed by atoms with Crippen LogP contribution in [-0.2, 0) is 17.8 Å². The number of carbonyl (C=O) groups excluding carboxylic acids is 2. The number of hydrogen-bond donors (Lipinski definition) is 1. The van der Waals surface area contributed by atoms with Crippen LogP contribution in [0.5, 0.6) is 0 Å². The average molecular weight is 386 g/mol. The predicted molar refractivity (Wildman–Crippen MR) is 110 cm³/mol. The Morgan fingerprint density at radius 2 is 1.82 bits per heavy atom. The number of nitrogens with zero attached hydrogens (tertiary/aromatic N) is 2. The first-order valence-electron chi connectivity index (χ1n) is 9.86. The molecule has 6 heteroatoms. The fourth-order valence-corrected chi connectivity index (χ4v) is 2.98. The quantitative estimate of drug-likeness (QED) is 0.680. The Morgan fingerprint density at radius 1 is 1.07 bits per heavy atom. The van der Waals surface area contributed by atoms with E-state index in [-0.39, 0.29) is 24.4 Å². The van der Waals surface area contributed by atoms with Crippen LogP contribution in [0.3, 0.4) is 0 Å². The molecule has 2 rings (SSSR count). The van der Waals surface area contributed by atoms with Gasteiger partial charge in [-0.15, -0.1) is 0 Å². The van der Waals surface area contributed by atoms with Crippen LogP contribution in [0.2, 0.25) is 0 Å². The van der Waals surface area contributed by atoms with Crippen molar-refractivity contribution >= 4 is 11.9 Å². The molecule has 1 heterocycles. The molecule has 0 saturated heterocycles. The van der Waals surface area contributed by atoms with Gasteiger partial charge in [-0.1, -0.05) is 44.2 Å². The molecule has 0 atom stereocenters. The van der Waals surface area contributed by atoms with E-state index in [9.17, 15) is 9.59 Å². The van der Waals surface area contributed by atoms with Gasteiger partial charge in [0.2, 0.25) is 5.91 Å². The molecule has 2 aromatic rings. The molecule has 0 aliphatic carbocycles. The Kier molecular flexibility index (Phi) is 8.59. The molecule has 3 amide bonds. The molecule has 0 unspecified atom stereocenters. The first-order valence-corrected chi connectivity index (χ1v) is 9.86. The van der Waals surface area contributed by atoms with Gasteiger partial charge in [-0.25, -0.2) is 4.79 Å². The van der Waals surface area contributed by atoms with E-state index in [1.807, 2.05) is 51.1 Å². The zero-order valence-electron chi connectivity index (χ0n) is 17.1. The first-order chi connectivity index (χ1) is 13.5. The van der Waals surface area contributed by atoms with Crippen molar-refractivity contribution in [3.05, 3.63) is 60.1 Å². The number of hydrogen-bond acceptors (Lipinski definition) is 3. The third-order valence-electron chi connectivity index (χ3n) is 4.32. The lowest BCUT2D eigenvalue weighted by Gasteiger charge is -2.28. The summed E-state index contributed by atoms with van der Waals surface area (Å²) in [6.07, 6.45) is 2.35. The van der Waals surface area contributed by atoms with Crippen molar-refractivity contribution in [1.29, 1.82) is 0 Å². The van der Waals surface area contributed by atoms with E-state index < -0.39 is 0 Å². The van der Waals surface area contributed by atoms with Crippen molar-refractivity contribution in [2.75, 3.05) is 26.2 Å². The lowest BCUT2D eigenvalue weighted by atomic mass is 10.1. The number of benzene rings is 1. The summed E-state index contributed by atoms with van der Waals surface area (Å²) < 4.78 is 5.43. The Morgan fingerprint density at radius 3 is 2.43 bits per heavy atom. The van der Waals surface area contributed by atoms with Crippen LogP contribution in [0.4, 0.5) is 4.79 Å². The molecule has 1 aromatic carbocycles. The Balaban J connectivity index is 2.07. The minimum Gasteiger partial charge on any atom is -0.467 e. The largest absolute Gasteiger partial charge is 0.467 e. The van der Waals surface area contributed by atoms with E-state index in [0.29, 0.717) is 26.2 Å². The highest BCUT2D eigenvalue weighted by molar-refractivity contribution is 5.84. The fraction of sp³-hybridized carbons (Fsp3) is 0.455. The van der Waals surface area contributed by atoms with Gasteiger partial charge >= 0.3 is 6.03 Å². The molecule has 0 spiro atoms. The number of carbonyl (C=O) groups is 2. The van der Waals surface area contributed by atoms with E-state index >= 15 is 0 Å². The Bertz CT molecular complexity index is 714. The van der Waals surface area contributed by atoms with Crippen LogP contribution in [0.1, 0.15) is 32.1 Å². The summed E-state index contributed by atoms with van der Waals surface area (Å²) in [5, 5.41) is 2.80. The predicted octanol–water partition coefficient (Wildman–Crippen LogP) is 3.54. The maximum absolute atomic E-state index is 13.1. The highest BCUT2D eigenvalue weighted by Crippen LogP contribution is 2.10. The highest BCUT2D eigenvalue weighted by atomic mass is 16.3. The molecular weight excluding hydrogens is 354 g/mol. The molecule has 1 N–H and O–H groups in total. The van der Waals surface area contributed by atoms with Crippen molar-refractivity contribution in [3.8, 4) is 0 Å². The van der Waals surface area contributed by atoms with Gasteiger partial charge in [0.05, 0.1) is 12.8 Å². The molecule has 0 fully saturated rings. The lowest BCUT2D eigenvalue weighted by molar-refractivity contribution is -0.132. The molecular formula is C22H31N3O3. The van der Waals surface area contributed by atoms with Gasteiger partial charge in [-0.05, 0) is 37.0 Å². The summed E-state index contributed by atoms with van der Waals surface area (Å²) in [6.45, 7) is 8.02. The first kappa shape index (κ1) is 21.5. The van der Waals surface area contributed by atoms with Crippen LogP contribution in [0, 0.1) is 5.92 Å². The molecule has 0 radical (unpaired) electrons. The van der Waals surface area contributed by atoms with Crippen molar-refractivity contribution in [1.82, 2.24) is 15.1 Å². The van der Waals surface area contributed by atoms with E-state index in [1.165, 1.54) is 5.56 Å². The maximum atomic E-state index is 13.1. The van der Waals surface area contributed by atoms with Crippen LogP contribution in [0.25, 0.3) is 0 Å². The smallest absolute Gasteiger partial charge is 0.317 e. The molecule has 1 aromatic heterocycles. The van der Waals surface area contributed by atoms with Gasteiger partial charge in [-0.3, -0.25) is 4.79 Å². The number of furan rings is 1. The van der Waals surface area contributed by atoms with Gasteiger partial charge in [0.1, 0.15) is 12.3 Å². The van der Waals surface area contributed by atoms with Gasteiger partial charge in [0, 0.05) is 19.6 Å². The van der Waals surface area contributed by atoms with Crippen molar-refractivity contribution < 1.29 is 14.0 Å². The molecule has 152 valence electrons. The minimum atomic E-state index is -0.203. The fourth-order valence-electron chi connectivity index (χ4n) is 2.98. The van der Waals surface area contributed by atoms with Crippen molar-refractivity contribution in [3.63, 3.8) is 0 Å². The van der Waals surface area contributed by atoms with E-state index in [2.05, 4.69) is 17.4 Å². The summed E-state index contributed by atoms with van der Waals surface area (Å²) >= 11 is 0. The summed E-state index contributed by atoms with van der Waals surface area (Å²) in [5.74, 6) is 0.923. The molecule has 0 bridgehead atoms. The lowest BCUT2D eigenvalue weighted by Crippen LogP contribution is -2.48. The van der Waals surface area contributed by atoms with Gasteiger partial charge in [-0.2, -0.15) is 0 Å². The second-order valence-corrected chi connectivity index (χ2v) is 7.24. The molecule has 0 saturated carbocycles. The monoisotopic (exact) mass is 385 g/mol. The molecule has 6 nitrogen and oxygen atoms in total. The second-order valence-electron chi connectivity index (χ2n) is 7.24. The van der Waals surface area contributed by atoms with E-state index in [4.69, 9.17) is 4.42 Å². The summed E-state index contributed by atoms with van der Waals surface area (Å²) in [5.41, 5.74) is 1.17. The van der Waals surface area contributed by atoms with Crippen LogP contribution < -0.4 is 5.32 Å². The molecule has 28 heavy (non-hydrogen) atoms. The van der Waals surface area contributed by atoms with E-state index in [1.54, 1.807) is 16.1 Å². The van der Waals surface area contributed by atoms with E-state index in [0.717, 1.165) is 12.2 Å². The summed E-state index contributed by atoms with van der Waals surface area (Å²) in [6, 6.07) is 13.5. The summed E-state index contributed by atoms with van der Waals surface area (Å²) in [4.78, 5) is 28.8. The van der Waals surface area contributed by atoms with Crippen LogP contribution in [0.15, 0.2) is 53.1 Å². The van der Waals surface area contributed by atoms with Crippen LogP contribution >= 0.6 is 0 Å². The highest BCUT2D eigenvalue weighted by Gasteiger charge is 2.22. The topological polar surface area (TPSA) is 65.8 Å². The van der Waals surface area contributed by atoms with Crippen LogP contribution in [-0.4, -0.2) is 47.9 Å². The third kappa shape index (κ3) is 7.10. The second kappa shape index (κ2) is 11.2. The summed E-state index contributed by atoms with van der Waals surface area (Å²) in [7, 11) is 0. The number of rotatable bonds is 10. The number of amides is 3. The molecule has 0 aliphatic rings. The number of urea groups is 1. The standard InChI is InChI=1S/C22H31N3O3/c1-4-23-22(27)25(15-18(2)3)17-21(26)24(16-20-11-8-14-28-20)13-12-19-9-6-5-7-10-19/h5-11,14,18H,4,12-13,15-17H2,1-3H3,(H,23,27). The van der Waals surface area contributed by atoms with Gasteiger partial charge in [0.25, 0.3) is 0 Å². The molecule has 0 aliphatic heterocycles. The number of nitrogens with one attached hydrogen (secondary N) is 1. The normalized spacial score (nSPS) is 10.7. The maximum Gasteiger partial charge on any atom is 0.317 e. The van der Waals surface area contributed by atoms with Gasteiger partial charge in [0.15, 0.2) is 0 Å². The van der Waals surface area contributed by atoms with Crippen molar-refractivity contribution in [2.24, 2.45) is 5.92 Å². The SMILES string of the molecule is CCNC(=O)N(CC(=O)N(CCc1ccccc1)Cc1ccco1)CC(C)C. The van der Waals surface area contributed by atoms with Gasteiger partial charge < -0.3 is 19.5 Å². The third-order valence-corrected chi connectivity index (χ3v) is 4.32. The Labute approximate surface area is 167 Å². The minimum absolute atomic E-state index is 0.0551.